The highest BCUT2D eigenvalue weighted by atomic mass is 32.2. The van der Waals surface area contributed by atoms with Gasteiger partial charge in [-0.15, -0.1) is 0 Å². The SMILES string of the molecule is CC(O)CCC/C=C/C(=O)CC(=O)SC(C)(C)C. The number of carbonyl (C=O) groups is 2. The largest absolute Gasteiger partial charge is 0.393 e. The summed E-state index contributed by atoms with van der Waals surface area (Å²) in [6, 6.07) is 0. The lowest BCUT2D eigenvalue weighted by molar-refractivity contribution is -0.120. The lowest BCUT2D eigenvalue weighted by Gasteiger charge is -2.15. The second-order valence-electron chi connectivity index (χ2n) is 5.41. The van der Waals surface area contributed by atoms with E-state index < -0.39 is 0 Å². The predicted molar refractivity (Wildman–Crippen MR) is 76.6 cm³/mol. The van der Waals surface area contributed by atoms with Crippen molar-refractivity contribution in [3.8, 4) is 0 Å². The van der Waals surface area contributed by atoms with Crippen LogP contribution in [0.25, 0.3) is 0 Å². The van der Waals surface area contributed by atoms with Crippen molar-refractivity contribution >= 4 is 22.7 Å². The Labute approximate surface area is 114 Å². The van der Waals surface area contributed by atoms with Crippen LogP contribution < -0.4 is 0 Å². The van der Waals surface area contributed by atoms with Crippen molar-refractivity contribution < 1.29 is 14.7 Å². The second kappa shape index (κ2) is 8.48. The number of rotatable bonds is 7. The van der Waals surface area contributed by atoms with Gasteiger partial charge in [0.05, 0.1) is 12.5 Å². The molecule has 3 nitrogen and oxygen atoms in total. The molecule has 0 saturated heterocycles. The normalized spacial score (nSPS) is 13.8. The van der Waals surface area contributed by atoms with Gasteiger partial charge in [-0.05, 0) is 32.3 Å². The molecule has 0 radical (unpaired) electrons. The summed E-state index contributed by atoms with van der Waals surface area (Å²) >= 11 is 1.21. The zero-order valence-corrected chi connectivity index (χ0v) is 12.5. The Balaban J connectivity index is 3.83. The van der Waals surface area contributed by atoms with Gasteiger partial charge in [0.15, 0.2) is 10.9 Å². The van der Waals surface area contributed by atoms with E-state index in [1.54, 1.807) is 13.0 Å². The highest BCUT2D eigenvalue weighted by Gasteiger charge is 2.17. The van der Waals surface area contributed by atoms with Crippen LogP contribution in [-0.4, -0.2) is 26.9 Å². The number of hydrogen-bond acceptors (Lipinski definition) is 4. The number of aliphatic hydroxyl groups excluding tert-OH is 1. The topological polar surface area (TPSA) is 54.4 Å². The molecule has 104 valence electrons. The van der Waals surface area contributed by atoms with Gasteiger partial charge in [-0.1, -0.05) is 38.6 Å². The minimum absolute atomic E-state index is 0.0329. The fraction of sp³-hybridized carbons (Fsp3) is 0.714. The van der Waals surface area contributed by atoms with Crippen molar-refractivity contribution in [2.75, 3.05) is 0 Å². The molecule has 0 rings (SSSR count). The number of thioether (sulfide) groups is 1. The molecular weight excluding hydrogens is 248 g/mol. The summed E-state index contributed by atoms with van der Waals surface area (Å²) in [4.78, 5) is 23.0. The predicted octanol–water partition coefficient (Wildman–Crippen LogP) is 3.11. The maximum absolute atomic E-state index is 11.5. The average molecular weight is 272 g/mol. The molecule has 0 aliphatic carbocycles. The van der Waals surface area contributed by atoms with E-state index in [0.717, 1.165) is 19.3 Å². The van der Waals surface area contributed by atoms with Crippen LogP contribution in [0.5, 0.6) is 0 Å². The van der Waals surface area contributed by atoms with Gasteiger partial charge in [-0.25, -0.2) is 0 Å². The highest BCUT2D eigenvalue weighted by Crippen LogP contribution is 2.25. The molecule has 0 aliphatic heterocycles. The number of allylic oxidation sites excluding steroid dienone is 2. The summed E-state index contributed by atoms with van der Waals surface area (Å²) in [7, 11) is 0. The van der Waals surface area contributed by atoms with E-state index in [1.165, 1.54) is 17.8 Å². The zero-order chi connectivity index (χ0) is 14.2. The van der Waals surface area contributed by atoms with Gasteiger partial charge in [0, 0.05) is 4.75 Å². The maximum Gasteiger partial charge on any atom is 0.197 e. The van der Waals surface area contributed by atoms with Crippen molar-refractivity contribution in [1.29, 1.82) is 0 Å². The van der Waals surface area contributed by atoms with Crippen LogP contribution in [0.3, 0.4) is 0 Å². The zero-order valence-electron chi connectivity index (χ0n) is 11.7. The standard InChI is InChI=1S/C14H24O3S/c1-11(15)8-6-5-7-9-12(16)10-13(17)18-14(2,3)4/h7,9,11,15H,5-6,8,10H2,1-4H3/b9-7+. The fourth-order valence-corrected chi connectivity index (χ4v) is 2.22. The Bertz CT molecular complexity index is 301. The van der Waals surface area contributed by atoms with E-state index in [9.17, 15) is 9.59 Å². The molecule has 0 heterocycles. The lowest BCUT2D eigenvalue weighted by atomic mass is 10.1. The Hall–Kier alpha value is -0.610. The molecule has 0 aromatic carbocycles. The van der Waals surface area contributed by atoms with Crippen LogP contribution >= 0.6 is 11.8 Å². The Morgan fingerprint density at radius 3 is 2.44 bits per heavy atom. The quantitative estimate of drug-likeness (QED) is 0.439. The van der Waals surface area contributed by atoms with Crippen molar-refractivity contribution in [3.63, 3.8) is 0 Å². The van der Waals surface area contributed by atoms with E-state index in [0.29, 0.717) is 0 Å². The van der Waals surface area contributed by atoms with E-state index in [2.05, 4.69) is 0 Å². The maximum atomic E-state index is 11.5. The first-order valence-electron chi connectivity index (χ1n) is 6.30. The van der Waals surface area contributed by atoms with Crippen LogP contribution in [0.2, 0.25) is 0 Å². The van der Waals surface area contributed by atoms with Crippen molar-refractivity contribution in [3.05, 3.63) is 12.2 Å². The van der Waals surface area contributed by atoms with Crippen molar-refractivity contribution in [2.45, 2.75) is 64.2 Å². The van der Waals surface area contributed by atoms with Gasteiger partial charge in [0.2, 0.25) is 0 Å². The summed E-state index contributed by atoms with van der Waals surface area (Å²) < 4.78 is -0.141. The molecule has 0 amide bonds. The summed E-state index contributed by atoms with van der Waals surface area (Å²) in [5.41, 5.74) is 0. The molecule has 18 heavy (non-hydrogen) atoms. The van der Waals surface area contributed by atoms with Gasteiger partial charge in [0.1, 0.15) is 0 Å². The third-order valence-electron chi connectivity index (χ3n) is 2.04. The molecule has 4 heteroatoms. The molecular formula is C14H24O3S. The van der Waals surface area contributed by atoms with Gasteiger partial charge < -0.3 is 5.11 Å². The van der Waals surface area contributed by atoms with E-state index in [-0.39, 0.29) is 28.2 Å². The molecule has 0 aromatic rings. The van der Waals surface area contributed by atoms with Gasteiger partial charge >= 0.3 is 0 Å². The van der Waals surface area contributed by atoms with Gasteiger partial charge in [0.25, 0.3) is 0 Å². The molecule has 0 aromatic heterocycles. The molecule has 0 spiro atoms. The van der Waals surface area contributed by atoms with Crippen molar-refractivity contribution in [1.82, 2.24) is 0 Å². The van der Waals surface area contributed by atoms with Crippen molar-refractivity contribution in [2.24, 2.45) is 0 Å². The monoisotopic (exact) mass is 272 g/mol. The summed E-state index contributed by atoms with van der Waals surface area (Å²) in [6.07, 6.45) is 5.28. The molecule has 0 aliphatic rings. The number of carbonyl (C=O) groups excluding carboxylic acids is 2. The first-order chi connectivity index (χ1) is 8.20. The Kier molecular flexibility index (Phi) is 8.20. The Morgan fingerprint density at radius 1 is 1.33 bits per heavy atom. The minimum Gasteiger partial charge on any atom is -0.393 e. The Morgan fingerprint density at radius 2 is 1.94 bits per heavy atom. The molecule has 0 bridgehead atoms. The smallest absolute Gasteiger partial charge is 0.197 e. The third kappa shape index (κ3) is 11.9. The number of unbranched alkanes of at least 4 members (excludes halogenated alkanes) is 1. The first-order valence-corrected chi connectivity index (χ1v) is 7.11. The first kappa shape index (κ1) is 17.4. The molecule has 1 atom stereocenters. The number of aliphatic hydroxyl groups is 1. The van der Waals surface area contributed by atoms with Gasteiger partial charge in [-0.2, -0.15) is 0 Å². The highest BCUT2D eigenvalue weighted by molar-refractivity contribution is 8.14. The third-order valence-corrected chi connectivity index (χ3v) is 3.02. The van der Waals surface area contributed by atoms with E-state index >= 15 is 0 Å². The van der Waals surface area contributed by atoms with E-state index in [4.69, 9.17) is 5.11 Å². The molecule has 0 saturated carbocycles. The number of ketones is 1. The second-order valence-corrected chi connectivity index (χ2v) is 7.30. The lowest BCUT2D eigenvalue weighted by Crippen LogP contribution is -2.13. The van der Waals surface area contributed by atoms with Crippen LogP contribution in [0.1, 0.15) is 53.4 Å². The minimum atomic E-state index is -0.293. The molecule has 1 N–H and O–H groups in total. The summed E-state index contributed by atoms with van der Waals surface area (Å²) in [5, 5.41) is 8.97. The van der Waals surface area contributed by atoms with Crippen LogP contribution in [0, 0.1) is 0 Å². The molecule has 0 fully saturated rings. The van der Waals surface area contributed by atoms with Crippen LogP contribution in [0.4, 0.5) is 0 Å². The van der Waals surface area contributed by atoms with Gasteiger partial charge in [-0.3, -0.25) is 9.59 Å². The summed E-state index contributed by atoms with van der Waals surface area (Å²) in [6.45, 7) is 7.60. The number of hydrogen-bond donors (Lipinski definition) is 1. The molecule has 1 unspecified atom stereocenters. The average Bonchev–Trinajstić information content (AvgIpc) is 2.12. The fourth-order valence-electron chi connectivity index (χ4n) is 1.32. The summed E-state index contributed by atoms with van der Waals surface area (Å²) in [5.74, 6) is -0.145. The van der Waals surface area contributed by atoms with Crippen LogP contribution in [0.15, 0.2) is 12.2 Å². The van der Waals surface area contributed by atoms with Crippen LogP contribution in [-0.2, 0) is 9.59 Å². The van der Waals surface area contributed by atoms with E-state index in [1.807, 2.05) is 20.8 Å².